The van der Waals surface area contributed by atoms with Crippen molar-refractivity contribution in [3.63, 3.8) is 0 Å². The second kappa shape index (κ2) is 7.56. The molecule has 5 nitrogen and oxygen atoms in total. The van der Waals surface area contributed by atoms with Crippen molar-refractivity contribution in [2.45, 2.75) is 32.5 Å². The fourth-order valence-electron chi connectivity index (χ4n) is 3.73. The number of thiocarbonyl (C=S) groups is 1. The van der Waals surface area contributed by atoms with Gasteiger partial charge in [0.2, 0.25) is 0 Å². The summed E-state index contributed by atoms with van der Waals surface area (Å²) in [4.78, 5) is 6.90. The maximum Gasteiger partial charge on any atom is 0.170 e. The molecule has 2 atom stereocenters. The molecule has 2 unspecified atom stereocenters. The highest BCUT2D eigenvalue weighted by Gasteiger charge is 2.41. The lowest BCUT2D eigenvalue weighted by molar-refractivity contribution is 0.276. The van der Waals surface area contributed by atoms with E-state index >= 15 is 0 Å². The van der Waals surface area contributed by atoms with Gasteiger partial charge in [-0.3, -0.25) is 4.98 Å². The molecule has 27 heavy (non-hydrogen) atoms. The Balaban J connectivity index is 1.73. The van der Waals surface area contributed by atoms with Crippen LogP contribution in [0.15, 0.2) is 65.5 Å². The van der Waals surface area contributed by atoms with Crippen LogP contribution in [0.1, 0.15) is 43.1 Å². The Morgan fingerprint density at radius 3 is 2.78 bits per heavy atom. The van der Waals surface area contributed by atoms with Crippen molar-refractivity contribution in [1.29, 1.82) is 0 Å². The van der Waals surface area contributed by atoms with Gasteiger partial charge in [0.15, 0.2) is 5.11 Å². The first-order valence-electron chi connectivity index (χ1n) is 9.29. The van der Waals surface area contributed by atoms with Crippen LogP contribution in [0.5, 0.6) is 0 Å². The lowest BCUT2D eigenvalue weighted by atomic mass is 10.0. The van der Waals surface area contributed by atoms with Crippen LogP contribution in [-0.2, 0) is 6.54 Å². The van der Waals surface area contributed by atoms with E-state index in [0.717, 1.165) is 23.1 Å². The molecule has 0 amide bonds. The summed E-state index contributed by atoms with van der Waals surface area (Å²) >= 11 is 5.71. The molecule has 0 bridgehead atoms. The Morgan fingerprint density at radius 1 is 1.19 bits per heavy atom. The predicted molar refractivity (Wildman–Crippen MR) is 109 cm³/mol. The minimum absolute atomic E-state index is 0.0164. The molecule has 0 spiro atoms. The molecular formula is C21H24N4OS. The van der Waals surface area contributed by atoms with Crippen molar-refractivity contribution in [2.24, 2.45) is 5.92 Å². The third-order valence-electron chi connectivity index (χ3n) is 4.83. The number of hydrogen-bond donors (Lipinski definition) is 1. The number of furan rings is 1. The highest BCUT2D eigenvalue weighted by molar-refractivity contribution is 7.80. The summed E-state index contributed by atoms with van der Waals surface area (Å²) in [6.07, 6.45) is 5.65. The van der Waals surface area contributed by atoms with Crippen LogP contribution in [0.2, 0.25) is 0 Å². The Hall–Kier alpha value is -2.60. The Kier molecular flexibility index (Phi) is 4.99. The van der Waals surface area contributed by atoms with Crippen LogP contribution in [0, 0.1) is 5.92 Å². The van der Waals surface area contributed by atoms with Crippen LogP contribution in [0.4, 0.5) is 0 Å². The van der Waals surface area contributed by atoms with Gasteiger partial charge in [-0.15, -0.1) is 0 Å². The molecule has 0 aromatic carbocycles. The van der Waals surface area contributed by atoms with Crippen LogP contribution >= 0.6 is 12.2 Å². The van der Waals surface area contributed by atoms with Crippen molar-refractivity contribution in [3.05, 3.63) is 78.3 Å². The SMILES string of the molecule is CC(C)CN1C(=S)NC(c2ccccn2)C1c1cccn1Cc1ccco1. The van der Waals surface area contributed by atoms with Gasteiger partial charge < -0.3 is 19.2 Å². The van der Waals surface area contributed by atoms with E-state index in [4.69, 9.17) is 16.6 Å². The molecule has 3 aromatic heterocycles. The van der Waals surface area contributed by atoms with Crippen molar-refractivity contribution in [2.75, 3.05) is 6.54 Å². The smallest absolute Gasteiger partial charge is 0.170 e. The Morgan fingerprint density at radius 2 is 2.07 bits per heavy atom. The van der Waals surface area contributed by atoms with E-state index in [1.54, 1.807) is 6.26 Å². The lowest BCUT2D eigenvalue weighted by Crippen LogP contribution is -2.33. The van der Waals surface area contributed by atoms with Crippen molar-refractivity contribution in [3.8, 4) is 0 Å². The first kappa shape index (κ1) is 17.8. The maximum atomic E-state index is 5.71. The number of nitrogens with one attached hydrogen (secondary N) is 1. The molecule has 1 N–H and O–H groups in total. The van der Waals surface area contributed by atoms with Gasteiger partial charge in [0.1, 0.15) is 5.76 Å². The lowest BCUT2D eigenvalue weighted by Gasteiger charge is -2.30. The number of rotatable bonds is 6. The summed E-state index contributed by atoms with van der Waals surface area (Å²) in [5.41, 5.74) is 2.21. The fraction of sp³-hybridized carbons (Fsp3) is 0.333. The monoisotopic (exact) mass is 380 g/mol. The van der Waals surface area contributed by atoms with Crippen LogP contribution in [0.25, 0.3) is 0 Å². The van der Waals surface area contributed by atoms with Crippen LogP contribution in [-0.4, -0.2) is 26.1 Å². The van der Waals surface area contributed by atoms with Crippen molar-refractivity contribution < 1.29 is 4.42 Å². The quantitative estimate of drug-likeness (QED) is 0.651. The minimum atomic E-state index is 0.0164. The largest absolute Gasteiger partial charge is 0.467 e. The Bertz CT molecular complexity index is 888. The van der Waals surface area contributed by atoms with E-state index in [1.165, 1.54) is 5.69 Å². The van der Waals surface area contributed by atoms with Gasteiger partial charge in [-0.25, -0.2) is 0 Å². The van der Waals surface area contributed by atoms with Gasteiger partial charge in [-0.1, -0.05) is 19.9 Å². The number of aromatic nitrogens is 2. The molecule has 1 aliphatic heterocycles. The molecule has 4 heterocycles. The van der Waals surface area contributed by atoms with Gasteiger partial charge in [0.25, 0.3) is 0 Å². The van der Waals surface area contributed by atoms with Gasteiger partial charge >= 0.3 is 0 Å². The molecular weight excluding hydrogens is 356 g/mol. The highest BCUT2D eigenvalue weighted by Crippen LogP contribution is 2.39. The summed E-state index contributed by atoms with van der Waals surface area (Å²) in [6, 6.07) is 14.3. The molecule has 0 aliphatic carbocycles. The van der Waals surface area contributed by atoms with Crippen LogP contribution in [0.3, 0.4) is 0 Å². The van der Waals surface area contributed by atoms with E-state index in [-0.39, 0.29) is 12.1 Å². The third-order valence-corrected chi connectivity index (χ3v) is 5.19. The standard InChI is InChI=1S/C21H24N4OS/c1-15(2)13-25-20(19(23-21(25)27)17-8-3-4-10-22-17)18-9-5-11-24(18)14-16-7-6-12-26-16/h3-12,15,19-20H,13-14H2,1-2H3,(H,23,27). The molecule has 1 aliphatic rings. The predicted octanol–water partition coefficient (Wildman–Crippen LogP) is 4.15. The zero-order valence-corrected chi connectivity index (χ0v) is 16.4. The molecule has 1 saturated heterocycles. The zero-order valence-electron chi connectivity index (χ0n) is 15.6. The second-order valence-electron chi connectivity index (χ2n) is 7.31. The van der Waals surface area contributed by atoms with Crippen molar-refractivity contribution in [1.82, 2.24) is 19.8 Å². The molecule has 0 saturated carbocycles. The molecule has 6 heteroatoms. The normalized spacial score (nSPS) is 19.7. The first-order chi connectivity index (χ1) is 13.1. The van der Waals surface area contributed by atoms with Crippen LogP contribution < -0.4 is 5.32 Å². The van der Waals surface area contributed by atoms with E-state index in [0.29, 0.717) is 12.5 Å². The van der Waals surface area contributed by atoms with Gasteiger partial charge in [-0.05, 0) is 54.5 Å². The summed E-state index contributed by atoms with van der Waals surface area (Å²) < 4.78 is 7.80. The van der Waals surface area contributed by atoms with E-state index in [9.17, 15) is 0 Å². The summed E-state index contributed by atoms with van der Waals surface area (Å²) in [7, 11) is 0. The third kappa shape index (κ3) is 3.62. The average Bonchev–Trinajstić information content (AvgIpc) is 3.38. The molecule has 3 aromatic rings. The number of pyridine rings is 1. The first-order valence-corrected chi connectivity index (χ1v) is 9.70. The fourth-order valence-corrected chi connectivity index (χ4v) is 4.04. The van der Waals surface area contributed by atoms with Crippen molar-refractivity contribution >= 4 is 17.3 Å². The molecule has 4 rings (SSSR count). The summed E-state index contributed by atoms with van der Waals surface area (Å²) in [5, 5.41) is 4.30. The highest BCUT2D eigenvalue weighted by atomic mass is 32.1. The van der Waals surface area contributed by atoms with E-state index in [2.05, 4.69) is 58.0 Å². The summed E-state index contributed by atoms with van der Waals surface area (Å²) in [6.45, 7) is 6.03. The van der Waals surface area contributed by atoms with E-state index in [1.807, 2.05) is 30.5 Å². The Labute approximate surface area is 165 Å². The van der Waals surface area contributed by atoms with E-state index < -0.39 is 0 Å². The average molecular weight is 381 g/mol. The number of hydrogen-bond acceptors (Lipinski definition) is 3. The minimum Gasteiger partial charge on any atom is -0.467 e. The number of nitrogens with zero attached hydrogens (tertiary/aromatic N) is 3. The second-order valence-corrected chi connectivity index (χ2v) is 7.70. The molecule has 140 valence electrons. The zero-order chi connectivity index (χ0) is 18.8. The summed E-state index contributed by atoms with van der Waals surface area (Å²) in [5.74, 6) is 1.44. The van der Waals surface area contributed by atoms with Gasteiger partial charge in [-0.2, -0.15) is 0 Å². The topological polar surface area (TPSA) is 46.2 Å². The van der Waals surface area contributed by atoms with Gasteiger partial charge in [0, 0.05) is 24.6 Å². The van der Waals surface area contributed by atoms with Gasteiger partial charge in [0.05, 0.1) is 30.6 Å². The molecule has 0 radical (unpaired) electrons. The molecule has 1 fully saturated rings. The maximum absolute atomic E-state index is 5.71.